The minimum atomic E-state index is -0.846. The van der Waals surface area contributed by atoms with Crippen molar-refractivity contribution in [3.05, 3.63) is 54.1 Å². The number of imidazole rings is 1. The summed E-state index contributed by atoms with van der Waals surface area (Å²) in [5.74, 6) is -0.925. The van der Waals surface area contributed by atoms with Crippen molar-refractivity contribution in [2.24, 2.45) is 0 Å². The van der Waals surface area contributed by atoms with Crippen molar-refractivity contribution in [3.8, 4) is 0 Å². The molecule has 0 saturated carbocycles. The van der Waals surface area contributed by atoms with Gasteiger partial charge < -0.3 is 25.1 Å². The van der Waals surface area contributed by atoms with E-state index in [0.29, 0.717) is 5.69 Å². The second kappa shape index (κ2) is 11.4. The first-order chi connectivity index (χ1) is 13.6. The number of alkyl carbamates (subject to hydrolysis) is 1. The molecule has 9 heteroatoms. The maximum absolute atomic E-state index is 12.1. The molecule has 0 bridgehead atoms. The molecule has 2 rings (SSSR count). The Bertz CT molecular complexity index is 749. The third kappa shape index (κ3) is 7.48. The third-order valence-electron chi connectivity index (χ3n) is 3.71. The van der Waals surface area contributed by atoms with E-state index >= 15 is 0 Å². The smallest absolute Gasteiger partial charge is 0.407 e. The van der Waals surface area contributed by atoms with E-state index in [4.69, 9.17) is 9.47 Å². The highest BCUT2D eigenvalue weighted by Gasteiger charge is 2.23. The maximum atomic E-state index is 12.1. The Morgan fingerprint density at radius 3 is 2.64 bits per heavy atom. The van der Waals surface area contributed by atoms with Gasteiger partial charge in [0.15, 0.2) is 0 Å². The van der Waals surface area contributed by atoms with Crippen LogP contribution in [-0.2, 0) is 32.1 Å². The molecule has 0 spiro atoms. The van der Waals surface area contributed by atoms with E-state index in [1.807, 2.05) is 30.3 Å². The number of H-pyrrole nitrogens is 1. The highest BCUT2D eigenvalue weighted by atomic mass is 16.5. The van der Waals surface area contributed by atoms with E-state index in [-0.39, 0.29) is 32.6 Å². The predicted molar refractivity (Wildman–Crippen MR) is 100 cm³/mol. The minimum Gasteiger partial charge on any atom is -0.464 e. The third-order valence-corrected chi connectivity index (χ3v) is 3.71. The van der Waals surface area contributed by atoms with Crippen LogP contribution in [0.3, 0.4) is 0 Å². The molecule has 0 fully saturated rings. The fourth-order valence-corrected chi connectivity index (χ4v) is 2.37. The number of hydrogen-bond acceptors (Lipinski definition) is 6. The van der Waals surface area contributed by atoms with E-state index in [1.54, 1.807) is 13.1 Å². The summed E-state index contributed by atoms with van der Waals surface area (Å²) in [5.41, 5.74) is 1.49. The van der Waals surface area contributed by atoms with Crippen LogP contribution in [0.1, 0.15) is 24.6 Å². The van der Waals surface area contributed by atoms with Crippen LogP contribution in [0.2, 0.25) is 0 Å². The van der Waals surface area contributed by atoms with Gasteiger partial charge in [0.2, 0.25) is 5.91 Å². The number of aromatic nitrogens is 2. The van der Waals surface area contributed by atoms with Crippen molar-refractivity contribution in [2.45, 2.75) is 32.4 Å². The molecule has 0 aliphatic heterocycles. The number of nitrogens with one attached hydrogen (secondary N) is 3. The standard InChI is InChI=1S/C19H24N4O5/c1-2-27-18(25)16(10-15-11-20-13-22-15)23-17(24)8-9-21-19(26)28-12-14-6-4-3-5-7-14/h3-7,11,13,16H,2,8-10,12H2,1H3,(H,20,22)(H,21,26)(H,23,24)/t16-/m0/s1. The summed E-state index contributed by atoms with van der Waals surface area (Å²) in [5, 5.41) is 5.11. The van der Waals surface area contributed by atoms with E-state index in [0.717, 1.165) is 5.56 Å². The van der Waals surface area contributed by atoms with Crippen LogP contribution < -0.4 is 10.6 Å². The SMILES string of the molecule is CCOC(=O)[C@H](Cc1c[nH]cn1)NC(=O)CCNC(=O)OCc1ccccc1. The first kappa shape index (κ1) is 20.9. The van der Waals surface area contributed by atoms with Gasteiger partial charge in [-0.25, -0.2) is 14.6 Å². The monoisotopic (exact) mass is 388 g/mol. The molecule has 2 aromatic rings. The van der Waals surface area contributed by atoms with Gasteiger partial charge in [-0.3, -0.25) is 4.79 Å². The lowest BCUT2D eigenvalue weighted by molar-refractivity contribution is -0.147. The predicted octanol–water partition coefficient (Wildman–Crippen LogP) is 1.32. The number of amides is 2. The van der Waals surface area contributed by atoms with Crippen LogP contribution >= 0.6 is 0 Å². The molecule has 1 aromatic heterocycles. The first-order valence-corrected chi connectivity index (χ1v) is 8.96. The summed E-state index contributed by atoms with van der Waals surface area (Å²) in [6, 6.07) is 8.41. The molecule has 9 nitrogen and oxygen atoms in total. The molecule has 0 unspecified atom stereocenters. The summed E-state index contributed by atoms with van der Waals surface area (Å²) >= 11 is 0. The Kier molecular flexibility index (Phi) is 8.51. The van der Waals surface area contributed by atoms with Crippen LogP contribution in [0.4, 0.5) is 4.79 Å². The van der Waals surface area contributed by atoms with E-state index in [2.05, 4.69) is 20.6 Å². The molecule has 0 aliphatic carbocycles. The summed E-state index contributed by atoms with van der Waals surface area (Å²) in [6.45, 7) is 2.13. The van der Waals surface area contributed by atoms with Crippen molar-refractivity contribution in [3.63, 3.8) is 0 Å². The normalized spacial score (nSPS) is 11.3. The highest BCUT2D eigenvalue weighted by molar-refractivity contribution is 5.85. The summed E-state index contributed by atoms with van der Waals surface area (Å²) in [6.07, 6.45) is 2.72. The Hall–Kier alpha value is -3.36. The van der Waals surface area contributed by atoms with Crippen LogP contribution in [0.15, 0.2) is 42.9 Å². The topological polar surface area (TPSA) is 122 Å². The highest BCUT2D eigenvalue weighted by Crippen LogP contribution is 2.02. The average molecular weight is 388 g/mol. The second-order valence-corrected chi connectivity index (χ2v) is 5.88. The van der Waals surface area contributed by atoms with Crippen molar-refractivity contribution < 1.29 is 23.9 Å². The van der Waals surface area contributed by atoms with Crippen molar-refractivity contribution in [2.75, 3.05) is 13.2 Å². The molecule has 1 heterocycles. The number of carbonyl (C=O) groups excluding carboxylic acids is 3. The van der Waals surface area contributed by atoms with E-state index in [9.17, 15) is 14.4 Å². The van der Waals surface area contributed by atoms with Crippen LogP contribution in [0.25, 0.3) is 0 Å². The second-order valence-electron chi connectivity index (χ2n) is 5.88. The maximum Gasteiger partial charge on any atom is 0.407 e. The lowest BCUT2D eigenvalue weighted by Crippen LogP contribution is -2.44. The molecule has 28 heavy (non-hydrogen) atoms. The fourth-order valence-electron chi connectivity index (χ4n) is 2.37. The minimum absolute atomic E-state index is 0.00307. The lowest BCUT2D eigenvalue weighted by Gasteiger charge is -2.16. The van der Waals surface area contributed by atoms with E-state index < -0.39 is 24.0 Å². The van der Waals surface area contributed by atoms with Gasteiger partial charge in [0, 0.05) is 25.6 Å². The zero-order chi connectivity index (χ0) is 20.2. The molecule has 0 saturated heterocycles. The molecular formula is C19H24N4O5. The van der Waals surface area contributed by atoms with Crippen LogP contribution in [0, 0.1) is 0 Å². The number of ether oxygens (including phenoxy) is 2. The van der Waals surface area contributed by atoms with Crippen molar-refractivity contribution in [1.29, 1.82) is 0 Å². The molecule has 0 aliphatic rings. The number of hydrogen-bond donors (Lipinski definition) is 3. The van der Waals surface area contributed by atoms with Gasteiger partial charge in [-0.2, -0.15) is 0 Å². The molecule has 1 atom stereocenters. The molecule has 1 aromatic carbocycles. The first-order valence-electron chi connectivity index (χ1n) is 8.96. The summed E-state index contributed by atoms with van der Waals surface area (Å²) < 4.78 is 10.1. The Morgan fingerprint density at radius 2 is 1.96 bits per heavy atom. The zero-order valence-corrected chi connectivity index (χ0v) is 15.6. The number of carbonyl (C=O) groups is 3. The lowest BCUT2D eigenvalue weighted by atomic mass is 10.1. The van der Waals surface area contributed by atoms with Gasteiger partial charge in [0.1, 0.15) is 12.6 Å². The molecule has 2 amide bonds. The van der Waals surface area contributed by atoms with Gasteiger partial charge in [0.05, 0.1) is 18.6 Å². The van der Waals surface area contributed by atoms with Gasteiger partial charge in [-0.15, -0.1) is 0 Å². The van der Waals surface area contributed by atoms with Crippen molar-refractivity contribution in [1.82, 2.24) is 20.6 Å². The molecule has 3 N–H and O–H groups in total. The Labute approximate surface area is 162 Å². The largest absolute Gasteiger partial charge is 0.464 e. The van der Waals surface area contributed by atoms with Gasteiger partial charge in [0.25, 0.3) is 0 Å². The Morgan fingerprint density at radius 1 is 1.18 bits per heavy atom. The Balaban J connectivity index is 1.72. The molecular weight excluding hydrogens is 364 g/mol. The van der Waals surface area contributed by atoms with Gasteiger partial charge in [-0.05, 0) is 12.5 Å². The number of benzene rings is 1. The van der Waals surface area contributed by atoms with Crippen LogP contribution in [0.5, 0.6) is 0 Å². The zero-order valence-electron chi connectivity index (χ0n) is 15.6. The summed E-state index contributed by atoms with van der Waals surface area (Å²) in [7, 11) is 0. The molecule has 0 radical (unpaired) electrons. The summed E-state index contributed by atoms with van der Waals surface area (Å²) in [4.78, 5) is 42.7. The number of aromatic amines is 1. The van der Waals surface area contributed by atoms with Crippen molar-refractivity contribution >= 4 is 18.0 Å². The number of esters is 1. The van der Waals surface area contributed by atoms with Gasteiger partial charge >= 0.3 is 12.1 Å². The fraction of sp³-hybridized carbons (Fsp3) is 0.368. The van der Waals surface area contributed by atoms with E-state index in [1.165, 1.54) is 6.33 Å². The van der Waals surface area contributed by atoms with Crippen LogP contribution in [-0.4, -0.2) is 47.1 Å². The quantitative estimate of drug-likeness (QED) is 0.528. The van der Waals surface area contributed by atoms with Gasteiger partial charge in [-0.1, -0.05) is 30.3 Å². The molecule has 150 valence electrons. The number of nitrogens with zero attached hydrogens (tertiary/aromatic N) is 1. The number of rotatable bonds is 10. The average Bonchev–Trinajstić information content (AvgIpc) is 3.20.